The van der Waals surface area contributed by atoms with Gasteiger partial charge in [0.05, 0.1) is 33.0 Å². The van der Waals surface area contributed by atoms with E-state index in [1.54, 1.807) is 39.0 Å². The van der Waals surface area contributed by atoms with E-state index in [0.717, 1.165) is 5.06 Å². The van der Waals surface area contributed by atoms with E-state index in [1.165, 1.54) is 19.9 Å². The van der Waals surface area contributed by atoms with E-state index in [0.29, 0.717) is 106 Å². The van der Waals surface area contributed by atoms with E-state index < -0.39 is 71.4 Å². The Morgan fingerprint density at radius 1 is 0.781 bits per heavy atom. The highest BCUT2D eigenvalue weighted by Gasteiger charge is 2.63. The molecule has 0 aromatic heterocycles. The summed E-state index contributed by atoms with van der Waals surface area (Å²) in [5.41, 5.74) is -1.06. The van der Waals surface area contributed by atoms with E-state index in [9.17, 15) is 30.7 Å². The predicted octanol–water partition coefficient (Wildman–Crippen LogP) is 8.53. The van der Waals surface area contributed by atoms with Crippen LogP contribution in [0.1, 0.15) is 124 Å². The van der Waals surface area contributed by atoms with Gasteiger partial charge in [-0.3, -0.25) is 18.7 Å². The minimum absolute atomic E-state index is 0.0258. The Balaban J connectivity index is 1.47. The summed E-state index contributed by atoms with van der Waals surface area (Å²) in [7, 11) is -9.18. The van der Waals surface area contributed by atoms with Gasteiger partial charge in [-0.1, -0.05) is 35.4 Å². The van der Waals surface area contributed by atoms with Crippen molar-refractivity contribution >= 4 is 77.8 Å². The molecule has 0 atom stereocenters. The molecule has 64 heavy (non-hydrogen) atoms. The van der Waals surface area contributed by atoms with Crippen LogP contribution in [-0.2, 0) is 53.0 Å². The van der Waals surface area contributed by atoms with Gasteiger partial charge in [-0.15, -0.1) is 0 Å². The van der Waals surface area contributed by atoms with Gasteiger partial charge in [0.1, 0.15) is 28.6 Å². The summed E-state index contributed by atoms with van der Waals surface area (Å²) in [6.45, 7) is 17.2. The van der Waals surface area contributed by atoms with Gasteiger partial charge in [-0.25, -0.2) is 4.79 Å². The Morgan fingerprint density at radius 3 is 1.67 bits per heavy atom. The minimum atomic E-state index is -4.59. The number of esters is 1. The Labute approximate surface area is 383 Å². The van der Waals surface area contributed by atoms with Crippen molar-refractivity contribution in [2.24, 2.45) is 0 Å². The smallest absolute Gasteiger partial charge is 0.341 e. The van der Waals surface area contributed by atoms with Crippen LogP contribution in [-0.4, -0.2) is 89.8 Å². The van der Waals surface area contributed by atoms with Gasteiger partial charge in [0, 0.05) is 57.1 Å². The van der Waals surface area contributed by atoms with Crippen LogP contribution < -0.4 is 14.5 Å². The van der Waals surface area contributed by atoms with Gasteiger partial charge >= 0.3 is 5.97 Å². The number of carbonyl (C=O) groups is 2. The number of benzene rings is 3. The van der Waals surface area contributed by atoms with Gasteiger partial charge in [0.2, 0.25) is 0 Å². The molecule has 0 unspecified atom stereocenters. The topological polar surface area (TPSA) is 180 Å². The highest BCUT2D eigenvalue weighted by atomic mass is 35.5. The third-order valence-corrected chi connectivity index (χ3v) is 15.0. The third kappa shape index (κ3) is 6.88. The first-order valence-corrected chi connectivity index (χ1v) is 25.2. The molecule has 0 bridgehead atoms. The van der Waals surface area contributed by atoms with Crippen LogP contribution in [0.15, 0.2) is 36.4 Å². The number of carbonyl (C=O) groups excluding carboxylic acids is 2. The van der Waals surface area contributed by atoms with Crippen LogP contribution in [0.2, 0.25) is 10.0 Å². The summed E-state index contributed by atoms with van der Waals surface area (Å²) >= 11 is 14.4. The molecular weight excluding hydrogens is 906 g/mol. The molecule has 6 aliphatic heterocycles. The van der Waals surface area contributed by atoms with E-state index in [2.05, 4.69) is 9.80 Å². The maximum absolute atomic E-state index is 15.5. The molecule has 6 heterocycles. The van der Waals surface area contributed by atoms with Crippen molar-refractivity contribution in [3.8, 4) is 11.5 Å². The molecule has 2 N–H and O–H groups in total. The van der Waals surface area contributed by atoms with E-state index >= 15 is 4.79 Å². The fourth-order valence-electron chi connectivity index (χ4n) is 10.7. The maximum Gasteiger partial charge on any atom is 0.341 e. The first-order valence-electron chi connectivity index (χ1n) is 21.2. The van der Waals surface area contributed by atoms with Gasteiger partial charge < -0.3 is 19.3 Å². The van der Waals surface area contributed by atoms with Crippen molar-refractivity contribution in [1.29, 1.82) is 0 Å². The highest BCUT2D eigenvalue weighted by molar-refractivity contribution is 7.86. The van der Waals surface area contributed by atoms with E-state index in [4.69, 9.17) is 37.5 Å². The van der Waals surface area contributed by atoms with Crippen molar-refractivity contribution in [2.75, 3.05) is 34.4 Å². The summed E-state index contributed by atoms with van der Waals surface area (Å²) < 4.78 is 85.2. The van der Waals surface area contributed by atoms with Gasteiger partial charge in [-0.05, 0) is 123 Å². The van der Waals surface area contributed by atoms with Crippen LogP contribution in [0.4, 0.5) is 11.4 Å². The number of amides is 1. The number of hydrogen-bond donors (Lipinski definition) is 2. The number of anilines is 2. The van der Waals surface area contributed by atoms with Crippen molar-refractivity contribution in [3.05, 3.63) is 91.0 Å². The van der Waals surface area contributed by atoms with E-state index in [1.807, 2.05) is 39.8 Å². The Morgan fingerprint density at radius 2 is 1.23 bits per heavy atom. The van der Waals surface area contributed by atoms with Crippen LogP contribution in [0, 0.1) is 0 Å². The zero-order valence-electron chi connectivity index (χ0n) is 37.1. The molecule has 0 aliphatic carbocycles. The Hall–Kier alpha value is -4.16. The summed E-state index contributed by atoms with van der Waals surface area (Å²) in [6.07, 6.45) is 5.92. The zero-order valence-corrected chi connectivity index (χ0v) is 40.2. The number of rotatable bonds is 7. The van der Waals surface area contributed by atoms with Crippen molar-refractivity contribution in [1.82, 2.24) is 5.06 Å². The molecule has 1 spiro atoms. The normalized spacial score (nSPS) is 20.1. The second kappa shape index (κ2) is 14.2. The Kier molecular flexibility index (Phi) is 9.97. The first-order chi connectivity index (χ1) is 29.5. The molecule has 342 valence electrons. The second-order valence-corrected chi connectivity index (χ2v) is 23.9. The molecule has 0 fully saturated rings. The average Bonchev–Trinajstić information content (AvgIpc) is 3.40. The van der Waals surface area contributed by atoms with E-state index in [-0.39, 0.29) is 21.2 Å². The van der Waals surface area contributed by atoms with Crippen LogP contribution in [0.25, 0.3) is 11.1 Å². The zero-order chi connectivity index (χ0) is 46.6. The van der Waals surface area contributed by atoms with Crippen LogP contribution in [0.3, 0.4) is 0 Å². The van der Waals surface area contributed by atoms with Crippen LogP contribution >= 0.6 is 23.2 Å². The van der Waals surface area contributed by atoms with Crippen molar-refractivity contribution in [3.63, 3.8) is 0 Å². The average molecular weight is 957 g/mol. The number of nitrogens with zero attached hydrogens (tertiary/aromatic N) is 3. The predicted molar refractivity (Wildman–Crippen MR) is 245 cm³/mol. The minimum Gasteiger partial charge on any atom is -0.458 e. The number of ether oxygens (including phenoxy) is 2. The number of halogens is 2. The van der Waals surface area contributed by atoms with Gasteiger partial charge in [0.15, 0.2) is 11.1 Å². The molecule has 9 rings (SSSR count). The summed E-state index contributed by atoms with van der Waals surface area (Å²) in [6, 6.07) is 6.54. The second-order valence-electron chi connectivity index (χ2n) is 20.2. The fourth-order valence-corrected chi connectivity index (χ4v) is 12.5. The summed E-state index contributed by atoms with van der Waals surface area (Å²) in [5, 5.41) is 1.22. The molecule has 3 aromatic carbocycles. The Bertz CT molecular complexity index is 2800. The number of hydrogen-bond acceptors (Lipinski definition) is 11. The fraction of sp³-hybridized carbons (Fsp3) is 0.478. The molecule has 0 saturated carbocycles. The first kappa shape index (κ1) is 45.0. The van der Waals surface area contributed by atoms with Gasteiger partial charge in [-0.2, -0.15) is 21.9 Å². The molecular formula is C46H51Cl2N3O11S2. The largest absolute Gasteiger partial charge is 0.458 e. The highest BCUT2D eigenvalue weighted by Crippen LogP contribution is 2.66. The molecule has 6 aliphatic rings. The lowest BCUT2D eigenvalue weighted by atomic mass is 9.70. The lowest BCUT2D eigenvalue weighted by Crippen LogP contribution is -2.54. The van der Waals surface area contributed by atoms with Gasteiger partial charge in [0.25, 0.3) is 26.1 Å². The third-order valence-electron chi connectivity index (χ3n) is 13.0. The molecule has 18 heteroatoms. The van der Waals surface area contributed by atoms with Crippen LogP contribution in [0.5, 0.6) is 11.5 Å². The summed E-state index contributed by atoms with van der Waals surface area (Å²) in [4.78, 5) is 40.9. The monoisotopic (exact) mass is 955 g/mol. The number of fused-ring (bicyclic) bond motifs is 8. The number of hydroxylamine groups is 2. The molecule has 3 aromatic rings. The molecule has 0 radical (unpaired) electrons. The van der Waals surface area contributed by atoms with Crippen molar-refractivity contribution in [2.45, 2.75) is 116 Å². The molecule has 0 saturated heterocycles. The SMILES string of the molecule is CC(C)(C)OC(=O)C(C)(C)ON1C(=O)c2c(Cl)ccc(Cl)c2C12c1cc3c4c(c1Oc1c2cc2c5c1CCCN5C(C)(C)C=C2CS(=O)(=O)O)CCCN4C(C)(C)C=C3CS(=O)(=O)O. The lowest BCUT2D eigenvalue weighted by molar-refractivity contribution is -0.245. The maximum atomic E-state index is 15.5. The summed E-state index contributed by atoms with van der Waals surface area (Å²) in [5.74, 6) is -2.28. The standard InChI is InChI=1S/C46H51Cl2N3O11S2/c1-42(2,3)61-41(53)45(8,9)62-51-40(52)34-32(47)14-15-33(48)35(34)46(51)30-18-28-24(22-63(54,55)56)20-43(4,5)49-16-10-12-26(36(28)49)38(30)60-39-27-13-11-17-50-37(27)29(19-31(39)46)25(21-44(50,6)7)23-64(57,58)59/h14-15,18-21H,10-13,16-17,22-23H2,1-9H3,(H,54,55,56)(H,57,58,59). The molecule has 1 amide bonds. The molecule has 14 nitrogen and oxygen atoms in total. The lowest BCUT2D eigenvalue weighted by Gasteiger charge is -2.52. The quantitative estimate of drug-likeness (QED) is 0.170. The van der Waals surface area contributed by atoms with Crippen molar-refractivity contribution < 1.29 is 49.8 Å².